The number of hydrogen-bond donors (Lipinski definition) is 7. The van der Waals surface area contributed by atoms with E-state index in [1.807, 2.05) is 58.3 Å². The number of alkyl halides is 3. The SMILES string of the molecule is C[C@@H]1C[C@@H](O)c2ncnc(N3CCN(C(=O)[C@H](CCCCC(=O)CCCCCc4cccc5c4C(=O)N(C4CCC(=O)NC4=O)C5=O)c4ccc(Cl)cc4)CC3)c21.C[C@@H]1C[C@@H](O)c2ncnc(N3CCN(C(=O)[C@H](CCCCC(=O)O)c4ccc(Cl)cc4)CC3)c21.NCCCCc1cccc2c1C(=O)N(C1CCC(=O)NC1=O)C2=O.O=C(O)C(F)(F)F. The van der Waals surface area contributed by atoms with Gasteiger partial charge in [0.1, 0.15) is 42.2 Å². The summed E-state index contributed by atoms with van der Waals surface area (Å²) < 4.78 is 31.7. The van der Waals surface area contributed by atoms with Crippen LogP contribution in [0, 0.1) is 0 Å². The van der Waals surface area contributed by atoms with Crippen LogP contribution < -0.4 is 26.2 Å². The van der Waals surface area contributed by atoms with E-state index in [4.69, 9.17) is 43.9 Å². The first-order chi connectivity index (χ1) is 58.3. The van der Waals surface area contributed by atoms with Gasteiger partial charge in [0.25, 0.3) is 23.6 Å². The molecule has 4 fully saturated rings. The number of Topliss-reactive ketones (excluding diaryl/α,β-unsaturated/α-hetero) is 1. The molecule has 8 heterocycles. The second kappa shape index (κ2) is 41.7. The maximum absolute atomic E-state index is 14.0. The average molecular weight is 1730 g/mol. The van der Waals surface area contributed by atoms with Gasteiger partial charge in [-0.2, -0.15) is 13.2 Å². The first kappa shape index (κ1) is 91.7. The zero-order valence-electron chi connectivity index (χ0n) is 67.8. The zero-order chi connectivity index (χ0) is 87.8. The van der Waals surface area contributed by atoms with Gasteiger partial charge in [-0.15, -0.1) is 0 Å². The number of nitrogens with two attached hydrogens (primary N) is 1. The Morgan fingerprint density at radius 3 is 1.27 bits per heavy atom. The molecule has 8 atom stereocenters. The first-order valence-electron chi connectivity index (χ1n) is 41.4. The quantitative estimate of drug-likeness (QED) is 0.0177. The standard InChI is InChI=1S/C43H49ClN6O7.C25H31ClN4O4.C17H19N3O4.C2HF3O2/c1-26-24-34(52)38-36(26)39(46-25-45-38)48-20-22-49(23-21-48)41(55)31(27-14-16-29(44)17-15-27)12-6-5-11-30(51)10-4-2-3-8-28-9-7-13-32-37(28)43(57)50(42(32)56)33-18-19-35(53)47-40(33)54;1-16-14-20(31)23-22(16)24(28-15-27-23)29-10-12-30(13-11-29)25(34)19(4-2-3-5-21(32)33)17-6-8-18(26)9-7-17;18-9-2-1-4-10-5-3-6-11-14(10)17(24)20(16(11)23)12-7-8-13(21)19-15(12)22;3-2(4,5)1(6)7/h7,9,13-17,25-26,31,33-34,52H,2-6,8,10-12,18-24H2,1H3,(H,47,53,54);6-9,15-16,19-20,31H,2-5,10-14H2,1H3,(H,32,33);3,5-6,12H,1-2,4,7-9,18H2,(H,19,21,22);(H,6,7)/t26-,31-,33?,34-;16-,19-,20-;;/m11../s1. The number of halogens is 5. The fourth-order valence-corrected chi connectivity index (χ4v) is 17.4. The molecule has 0 radical (unpaired) electrons. The Morgan fingerprint density at radius 1 is 0.508 bits per heavy atom. The molecule has 0 saturated carbocycles. The molecule has 2 aromatic heterocycles. The van der Waals surface area contributed by atoms with Gasteiger partial charge in [-0.25, -0.2) is 24.7 Å². The van der Waals surface area contributed by atoms with Crippen LogP contribution in [0.4, 0.5) is 24.8 Å². The van der Waals surface area contributed by atoms with E-state index in [0.717, 1.165) is 92.6 Å². The third kappa shape index (κ3) is 22.1. The van der Waals surface area contributed by atoms with Gasteiger partial charge < -0.3 is 45.8 Å². The van der Waals surface area contributed by atoms with Gasteiger partial charge >= 0.3 is 18.1 Å². The molecule has 8 aliphatic rings. The third-order valence-corrected chi connectivity index (χ3v) is 24.0. The highest BCUT2D eigenvalue weighted by Crippen LogP contribution is 2.45. The van der Waals surface area contributed by atoms with Crippen molar-refractivity contribution in [2.75, 3.05) is 68.7 Å². The van der Waals surface area contributed by atoms with Crippen molar-refractivity contribution in [3.8, 4) is 0 Å². The van der Waals surface area contributed by atoms with Crippen LogP contribution in [-0.4, -0.2) is 214 Å². The van der Waals surface area contributed by atoms with Gasteiger partial charge in [0.2, 0.25) is 35.4 Å². The number of amides is 10. The van der Waals surface area contributed by atoms with Crippen LogP contribution in [0.25, 0.3) is 0 Å². The number of aromatic nitrogens is 4. The molecule has 6 aliphatic heterocycles. The Bertz CT molecular complexity index is 4910. The summed E-state index contributed by atoms with van der Waals surface area (Å²) in [5, 5.41) is 42.4. The monoisotopic (exact) mass is 1730 g/mol. The molecule has 35 heteroatoms. The van der Waals surface area contributed by atoms with Crippen LogP contribution in [0.2, 0.25) is 10.0 Å². The summed E-state index contributed by atoms with van der Waals surface area (Å²) >= 11 is 12.2. The number of hydrogen-bond acceptors (Lipinski definition) is 22. The van der Waals surface area contributed by atoms with Gasteiger partial charge in [0.15, 0.2) is 0 Å². The number of rotatable bonds is 28. The van der Waals surface area contributed by atoms with E-state index >= 15 is 0 Å². The van der Waals surface area contributed by atoms with Crippen molar-refractivity contribution in [2.45, 2.75) is 209 Å². The predicted octanol–water partition coefficient (Wildman–Crippen LogP) is 10.2. The van der Waals surface area contributed by atoms with Crippen LogP contribution >= 0.6 is 23.2 Å². The fourth-order valence-electron chi connectivity index (χ4n) is 17.2. The summed E-state index contributed by atoms with van der Waals surface area (Å²) in [4.78, 5) is 187. The van der Waals surface area contributed by atoms with Crippen molar-refractivity contribution < 1.29 is 95.9 Å². The summed E-state index contributed by atoms with van der Waals surface area (Å²) in [6.45, 7) is 9.59. The number of piperazine rings is 2. The summed E-state index contributed by atoms with van der Waals surface area (Å²) in [5.41, 5.74) is 13.6. The summed E-state index contributed by atoms with van der Waals surface area (Å²) in [6.07, 6.45) is 8.49. The highest BCUT2D eigenvalue weighted by Gasteiger charge is 2.48. The average Bonchev–Trinajstić information content (AvgIpc) is 1.62. The number of carbonyl (C=O) groups excluding carboxylic acids is 11. The third-order valence-electron chi connectivity index (χ3n) is 23.5. The van der Waals surface area contributed by atoms with Gasteiger partial charge in [-0.3, -0.25) is 78.0 Å². The van der Waals surface area contributed by atoms with Gasteiger partial charge in [0, 0.05) is 106 Å². The van der Waals surface area contributed by atoms with Crippen LogP contribution in [0.15, 0.2) is 97.6 Å². The van der Waals surface area contributed by atoms with Crippen molar-refractivity contribution >= 4 is 112 Å². The number of aliphatic hydroxyl groups is 2. The van der Waals surface area contributed by atoms with Crippen LogP contribution in [0.5, 0.6) is 0 Å². The smallest absolute Gasteiger partial charge is 0.481 e. The molecule has 8 N–H and O–H groups in total. The largest absolute Gasteiger partial charge is 0.490 e. The summed E-state index contributed by atoms with van der Waals surface area (Å²) in [7, 11) is 0. The minimum atomic E-state index is -5.08. The molecule has 650 valence electrons. The lowest BCUT2D eigenvalue weighted by molar-refractivity contribution is -0.192. The normalized spacial score (nSPS) is 20.3. The number of ketones is 1. The molecule has 30 nitrogen and oxygen atoms in total. The second-order valence-electron chi connectivity index (χ2n) is 31.7. The van der Waals surface area contributed by atoms with E-state index in [1.54, 1.807) is 36.4 Å². The minimum absolute atomic E-state index is 0.0639. The Kier molecular flexibility index (Phi) is 31.4. The van der Waals surface area contributed by atoms with Crippen molar-refractivity contribution in [3.63, 3.8) is 0 Å². The maximum Gasteiger partial charge on any atom is 0.490 e. The van der Waals surface area contributed by atoms with E-state index < -0.39 is 83.8 Å². The number of carboxylic acid groups (broad SMARTS) is 2. The van der Waals surface area contributed by atoms with E-state index in [2.05, 4.69) is 54.2 Å². The summed E-state index contributed by atoms with van der Waals surface area (Å²) in [5.74, 6) is -5.81. The molecule has 6 aromatic rings. The molecule has 0 spiro atoms. The number of aliphatic carboxylic acids is 2. The Hall–Kier alpha value is -11.0. The molecule has 14 rings (SSSR count). The summed E-state index contributed by atoms with van der Waals surface area (Å²) in [6, 6.07) is 23.2. The van der Waals surface area contributed by atoms with Crippen molar-refractivity contribution in [3.05, 3.63) is 175 Å². The number of imide groups is 4. The van der Waals surface area contributed by atoms with Gasteiger partial charge in [0.05, 0.1) is 57.7 Å². The molecule has 4 aromatic carbocycles. The minimum Gasteiger partial charge on any atom is -0.481 e. The van der Waals surface area contributed by atoms with Crippen LogP contribution in [0.1, 0.15) is 264 Å². The number of benzene rings is 4. The zero-order valence-corrected chi connectivity index (χ0v) is 69.3. The van der Waals surface area contributed by atoms with Crippen LogP contribution in [-0.2, 0) is 56.0 Å². The molecule has 122 heavy (non-hydrogen) atoms. The molecule has 0 bridgehead atoms. The number of piperidine rings is 2. The van der Waals surface area contributed by atoms with Crippen molar-refractivity contribution in [1.29, 1.82) is 0 Å². The van der Waals surface area contributed by atoms with E-state index in [-0.39, 0.29) is 84.8 Å². The number of fused-ring (bicyclic) bond motifs is 4. The molecular formula is C87H100Cl2F3N13O17. The number of nitrogens with zero attached hydrogens (tertiary/aromatic N) is 10. The number of carboxylic acids is 2. The van der Waals surface area contributed by atoms with Crippen molar-refractivity contribution in [2.24, 2.45) is 5.73 Å². The number of nitrogens with one attached hydrogen (secondary N) is 2. The number of aliphatic hydroxyl groups excluding tert-OH is 2. The highest BCUT2D eigenvalue weighted by atomic mass is 35.5. The van der Waals surface area contributed by atoms with Gasteiger partial charge in [-0.05, 0) is 167 Å². The van der Waals surface area contributed by atoms with Gasteiger partial charge in [-0.1, -0.05) is 105 Å². The topological polar surface area (TPSA) is 424 Å². The second-order valence-corrected chi connectivity index (χ2v) is 32.6. The lowest BCUT2D eigenvalue weighted by atomic mass is 9.91. The maximum atomic E-state index is 14.0. The lowest BCUT2D eigenvalue weighted by Crippen LogP contribution is -2.54. The molecule has 2 unspecified atom stereocenters. The van der Waals surface area contributed by atoms with Crippen LogP contribution in [0.3, 0.4) is 0 Å². The molecular weight excluding hydrogens is 1630 g/mol. The predicted molar refractivity (Wildman–Crippen MR) is 440 cm³/mol. The van der Waals surface area contributed by atoms with E-state index in [9.17, 15) is 80.9 Å². The number of aryl methyl sites for hydroxylation is 2. The van der Waals surface area contributed by atoms with Crippen molar-refractivity contribution in [1.82, 2.24) is 50.2 Å². The molecule has 10 amide bonds. The lowest BCUT2D eigenvalue weighted by Gasteiger charge is -2.38. The van der Waals surface area contributed by atoms with E-state index in [1.165, 1.54) is 12.7 Å². The number of unbranched alkanes of at least 4 members (excludes halogenated alkanes) is 5. The Balaban J connectivity index is 0.000000188. The number of carbonyl (C=O) groups is 13. The molecule has 4 saturated heterocycles. The van der Waals surface area contributed by atoms with E-state index in [0.29, 0.717) is 168 Å². The number of anilines is 2. The fraction of sp³-hybridized carbons (Fsp3) is 0.483. The highest BCUT2D eigenvalue weighted by molar-refractivity contribution is 6.31. The first-order valence-corrected chi connectivity index (χ1v) is 42.2. The Morgan fingerprint density at radius 2 is 0.893 bits per heavy atom. The molecule has 2 aliphatic carbocycles. The Labute approximate surface area is 712 Å².